The summed E-state index contributed by atoms with van der Waals surface area (Å²) in [6.07, 6.45) is 9.39. The summed E-state index contributed by atoms with van der Waals surface area (Å²) in [6.45, 7) is 6.15. The van der Waals surface area contributed by atoms with E-state index in [-0.39, 0.29) is 6.61 Å². The minimum atomic E-state index is -0.505. The van der Waals surface area contributed by atoms with Gasteiger partial charge in [-0.3, -0.25) is 4.90 Å². The van der Waals surface area contributed by atoms with Gasteiger partial charge in [0.2, 0.25) is 0 Å². The maximum atomic E-state index is 10.4. The average Bonchev–Trinajstić information content (AvgIpc) is 2.75. The summed E-state index contributed by atoms with van der Waals surface area (Å²) in [5.41, 5.74) is 2.70. The van der Waals surface area contributed by atoms with Gasteiger partial charge in [0.15, 0.2) is 11.5 Å². The molecule has 3 rings (SSSR count). The van der Waals surface area contributed by atoms with Crippen molar-refractivity contribution in [1.82, 2.24) is 9.80 Å². The van der Waals surface area contributed by atoms with Crippen LogP contribution >= 0.6 is 0 Å². The van der Waals surface area contributed by atoms with Crippen molar-refractivity contribution in [1.29, 1.82) is 0 Å². The minimum absolute atomic E-state index is 0.281. The summed E-state index contributed by atoms with van der Waals surface area (Å²) in [6, 6.07) is 6.72. The molecule has 1 N–H and O–H groups in total. The molecule has 1 aliphatic heterocycles. The highest BCUT2D eigenvalue weighted by Gasteiger charge is 2.20. The Morgan fingerprint density at radius 3 is 2.69 bits per heavy atom. The third kappa shape index (κ3) is 6.73. The Morgan fingerprint density at radius 1 is 1.21 bits per heavy atom. The van der Waals surface area contributed by atoms with Gasteiger partial charge in [-0.25, -0.2) is 0 Å². The Balaban J connectivity index is 1.49. The Bertz CT molecular complexity index is 670. The predicted octanol–water partition coefficient (Wildman–Crippen LogP) is 3.85. The molecule has 2 aliphatic rings. The molecular formula is C24H38N2O3. The molecule has 5 heteroatoms. The van der Waals surface area contributed by atoms with Crippen molar-refractivity contribution < 1.29 is 14.6 Å². The van der Waals surface area contributed by atoms with Gasteiger partial charge in [-0.05, 0) is 50.9 Å². The smallest absolute Gasteiger partial charge is 0.161 e. The maximum absolute atomic E-state index is 10.4. The fourth-order valence-electron chi connectivity index (χ4n) is 4.39. The highest BCUT2D eigenvalue weighted by atomic mass is 16.5. The normalized spacial score (nSPS) is 19.8. The number of methoxy groups -OCH3 is 1. The Kier molecular flexibility index (Phi) is 8.40. The van der Waals surface area contributed by atoms with Crippen LogP contribution in [0.15, 0.2) is 29.8 Å². The lowest BCUT2D eigenvalue weighted by atomic mass is 9.94. The van der Waals surface area contributed by atoms with Crippen molar-refractivity contribution in [2.75, 3.05) is 40.4 Å². The third-order valence-corrected chi connectivity index (χ3v) is 6.28. The van der Waals surface area contributed by atoms with Crippen LogP contribution in [0.5, 0.6) is 11.5 Å². The van der Waals surface area contributed by atoms with Crippen LogP contribution in [0.3, 0.4) is 0 Å². The van der Waals surface area contributed by atoms with E-state index in [9.17, 15) is 5.11 Å². The SMILES string of the molecule is COc1cc(CN2CC=C(C)CC2)ccc1OCC(O)CN(C)C1CCCCC1. The molecule has 5 nitrogen and oxygen atoms in total. The van der Waals surface area contributed by atoms with Gasteiger partial charge >= 0.3 is 0 Å². The minimum Gasteiger partial charge on any atom is -0.493 e. The molecule has 1 aliphatic carbocycles. The van der Waals surface area contributed by atoms with Crippen LogP contribution in [0, 0.1) is 0 Å². The van der Waals surface area contributed by atoms with Crippen molar-refractivity contribution in [2.45, 2.75) is 64.1 Å². The van der Waals surface area contributed by atoms with E-state index < -0.39 is 6.10 Å². The van der Waals surface area contributed by atoms with Crippen LogP contribution in [-0.2, 0) is 6.54 Å². The number of aliphatic hydroxyl groups excluding tert-OH is 1. The van der Waals surface area contributed by atoms with Gasteiger partial charge in [0.1, 0.15) is 12.7 Å². The quantitative estimate of drug-likeness (QED) is 0.636. The maximum Gasteiger partial charge on any atom is 0.161 e. The molecule has 0 amide bonds. The van der Waals surface area contributed by atoms with Crippen LogP contribution in [0.4, 0.5) is 0 Å². The van der Waals surface area contributed by atoms with Crippen molar-refractivity contribution in [2.24, 2.45) is 0 Å². The van der Waals surface area contributed by atoms with Crippen LogP contribution < -0.4 is 9.47 Å². The van der Waals surface area contributed by atoms with E-state index in [1.54, 1.807) is 7.11 Å². The average molecular weight is 403 g/mol. The standard InChI is InChI=1S/C24H38N2O3/c1-19-11-13-26(14-12-19)16-20-9-10-23(24(15-20)28-3)29-18-22(27)17-25(2)21-7-5-4-6-8-21/h9-11,15,21-22,27H,4-8,12-14,16-18H2,1-3H3. The van der Waals surface area contributed by atoms with Crippen LogP contribution in [-0.4, -0.2) is 67.5 Å². The second-order valence-electron chi connectivity index (χ2n) is 8.72. The summed E-state index contributed by atoms with van der Waals surface area (Å²) in [7, 11) is 3.79. The lowest BCUT2D eigenvalue weighted by molar-refractivity contribution is 0.0553. The number of ether oxygens (including phenoxy) is 2. The molecule has 0 aromatic heterocycles. The first-order valence-corrected chi connectivity index (χ1v) is 11.1. The summed E-state index contributed by atoms with van der Waals surface area (Å²) in [5.74, 6) is 1.43. The number of likely N-dealkylation sites (N-methyl/N-ethyl adjacent to an activating group) is 1. The Morgan fingerprint density at radius 2 is 2.00 bits per heavy atom. The van der Waals surface area contributed by atoms with Gasteiger partial charge in [0.25, 0.3) is 0 Å². The number of nitrogens with zero attached hydrogens (tertiary/aromatic N) is 2. The summed E-state index contributed by atoms with van der Waals surface area (Å²) in [4.78, 5) is 4.73. The second-order valence-corrected chi connectivity index (χ2v) is 8.72. The van der Waals surface area contributed by atoms with E-state index in [0.717, 1.165) is 31.8 Å². The number of hydrogen-bond donors (Lipinski definition) is 1. The van der Waals surface area contributed by atoms with Gasteiger partial charge in [0.05, 0.1) is 7.11 Å². The van der Waals surface area contributed by atoms with E-state index in [1.807, 2.05) is 6.07 Å². The molecule has 1 aromatic carbocycles. The number of rotatable bonds is 9. The summed E-state index contributed by atoms with van der Waals surface area (Å²) in [5, 5.41) is 10.4. The van der Waals surface area contributed by atoms with Gasteiger partial charge in [0, 0.05) is 32.2 Å². The molecule has 0 bridgehead atoms. The Labute approximate surface area is 176 Å². The van der Waals surface area contributed by atoms with Crippen LogP contribution in [0.1, 0.15) is 51.0 Å². The molecular weight excluding hydrogens is 364 g/mol. The monoisotopic (exact) mass is 402 g/mol. The first-order valence-electron chi connectivity index (χ1n) is 11.1. The van der Waals surface area contributed by atoms with Gasteiger partial charge in [-0.1, -0.05) is 37.0 Å². The first kappa shape index (κ1) is 22.1. The molecule has 1 unspecified atom stereocenters. The summed E-state index contributed by atoms with van der Waals surface area (Å²) >= 11 is 0. The fraction of sp³-hybridized carbons (Fsp3) is 0.667. The second kappa shape index (κ2) is 11.0. The van der Waals surface area contributed by atoms with E-state index in [4.69, 9.17) is 9.47 Å². The largest absolute Gasteiger partial charge is 0.493 e. The number of hydrogen-bond acceptors (Lipinski definition) is 5. The van der Waals surface area contributed by atoms with Crippen molar-refractivity contribution in [3.63, 3.8) is 0 Å². The van der Waals surface area contributed by atoms with Crippen molar-refractivity contribution in [3.05, 3.63) is 35.4 Å². The van der Waals surface area contributed by atoms with Gasteiger partial charge < -0.3 is 19.5 Å². The highest BCUT2D eigenvalue weighted by molar-refractivity contribution is 5.43. The molecule has 1 atom stereocenters. The van der Waals surface area contributed by atoms with Crippen molar-refractivity contribution in [3.8, 4) is 11.5 Å². The molecule has 1 saturated carbocycles. The lowest BCUT2D eigenvalue weighted by Crippen LogP contribution is -2.40. The molecule has 0 radical (unpaired) electrons. The van der Waals surface area contributed by atoms with E-state index in [2.05, 4.69) is 42.0 Å². The Hall–Kier alpha value is -1.56. The van der Waals surface area contributed by atoms with E-state index in [1.165, 1.54) is 43.2 Å². The van der Waals surface area contributed by atoms with Gasteiger partial charge in [-0.15, -0.1) is 0 Å². The topological polar surface area (TPSA) is 45.2 Å². The zero-order valence-corrected chi connectivity index (χ0v) is 18.4. The predicted molar refractivity (Wildman–Crippen MR) is 118 cm³/mol. The molecule has 29 heavy (non-hydrogen) atoms. The molecule has 162 valence electrons. The van der Waals surface area contributed by atoms with Crippen LogP contribution in [0.2, 0.25) is 0 Å². The molecule has 1 aromatic rings. The molecule has 1 heterocycles. The third-order valence-electron chi connectivity index (χ3n) is 6.28. The zero-order chi connectivity index (χ0) is 20.6. The lowest BCUT2D eigenvalue weighted by Gasteiger charge is -2.32. The molecule has 0 spiro atoms. The number of benzene rings is 1. The molecule has 1 fully saturated rings. The van der Waals surface area contributed by atoms with Crippen molar-refractivity contribution >= 4 is 0 Å². The van der Waals surface area contributed by atoms with E-state index >= 15 is 0 Å². The zero-order valence-electron chi connectivity index (χ0n) is 18.4. The fourth-order valence-corrected chi connectivity index (χ4v) is 4.39. The van der Waals surface area contributed by atoms with Crippen LogP contribution in [0.25, 0.3) is 0 Å². The summed E-state index contributed by atoms with van der Waals surface area (Å²) < 4.78 is 11.5. The highest BCUT2D eigenvalue weighted by Crippen LogP contribution is 2.29. The van der Waals surface area contributed by atoms with E-state index in [0.29, 0.717) is 18.3 Å². The van der Waals surface area contributed by atoms with Gasteiger partial charge in [-0.2, -0.15) is 0 Å². The first-order chi connectivity index (χ1) is 14.0. The molecule has 0 saturated heterocycles. The number of aliphatic hydroxyl groups is 1.